The molecule has 0 saturated carbocycles. The number of nitrogens with one attached hydrogen (secondary N) is 1. The number of H-pyrrole nitrogens is 1. The van der Waals surface area contributed by atoms with Crippen LogP contribution in [0.25, 0.3) is 22.6 Å². The number of fused-ring (bicyclic) bond motifs is 1. The molecule has 4 aromatic rings. The van der Waals surface area contributed by atoms with E-state index < -0.39 is 0 Å². The van der Waals surface area contributed by atoms with Gasteiger partial charge in [-0.3, -0.25) is 9.89 Å². The van der Waals surface area contributed by atoms with Gasteiger partial charge in [-0.05, 0) is 23.6 Å². The van der Waals surface area contributed by atoms with Crippen LogP contribution in [-0.2, 0) is 24.2 Å². The zero-order valence-corrected chi connectivity index (χ0v) is 20.1. The largest absolute Gasteiger partial charge is 0.441 e. The number of hydrogen-bond acceptors (Lipinski definition) is 4. The number of amides is 1. The van der Waals surface area contributed by atoms with Crippen LogP contribution in [0.3, 0.4) is 0 Å². The van der Waals surface area contributed by atoms with E-state index >= 15 is 0 Å². The summed E-state index contributed by atoms with van der Waals surface area (Å²) in [5, 5.41) is 8.30. The highest BCUT2D eigenvalue weighted by atomic mass is 35.5. The van der Waals surface area contributed by atoms with Crippen molar-refractivity contribution in [1.29, 1.82) is 0 Å². The van der Waals surface area contributed by atoms with Crippen LogP contribution in [0.15, 0.2) is 59.1 Å². The van der Waals surface area contributed by atoms with Gasteiger partial charge in [-0.15, -0.1) is 0 Å². The topological polar surface area (TPSA) is 75.0 Å². The number of carbonyl (C=O) groups excluding carboxylic acids is 1. The standard InChI is InChI=1S/C27H27ClN4O2/c1-17(2)18-6-8-19(9-7-18)24-15-29-25(34-24)10-11-26(33)32-13-12-23-22(16-32)27(31-30-23)20-4-3-5-21(28)14-20/h3-9,14-15,17H,10-13,16H2,1-2H3,(H,30,31). The van der Waals surface area contributed by atoms with Crippen LogP contribution < -0.4 is 0 Å². The van der Waals surface area contributed by atoms with Gasteiger partial charge in [0.25, 0.3) is 0 Å². The summed E-state index contributed by atoms with van der Waals surface area (Å²) >= 11 is 6.17. The molecular weight excluding hydrogens is 448 g/mol. The molecule has 1 amide bonds. The molecule has 0 atom stereocenters. The molecule has 1 aliphatic heterocycles. The van der Waals surface area contributed by atoms with Gasteiger partial charge in [0, 0.05) is 59.8 Å². The molecule has 0 radical (unpaired) electrons. The second-order valence-corrected chi connectivity index (χ2v) is 9.44. The molecule has 0 unspecified atom stereocenters. The quantitative estimate of drug-likeness (QED) is 0.370. The highest BCUT2D eigenvalue weighted by molar-refractivity contribution is 6.30. The van der Waals surface area contributed by atoms with E-state index in [0.717, 1.165) is 40.3 Å². The first kappa shape index (κ1) is 22.4. The van der Waals surface area contributed by atoms with Crippen molar-refractivity contribution in [3.63, 3.8) is 0 Å². The Labute approximate surface area is 204 Å². The zero-order chi connectivity index (χ0) is 23.7. The number of hydrogen-bond donors (Lipinski definition) is 1. The SMILES string of the molecule is CC(C)c1ccc(-c2cnc(CCC(=O)N3CCc4[nH]nc(-c5cccc(Cl)c5)c4C3)o2)cc1. The molecule has 5 rings (SSSR count). The first-order valence-corrected chi connectivity index (χ1v) is 12.0. The predicted octanol–water partition coefficient (Wildman–Crippen LogP) is 6.03. The molecule has 0 spiro atoms. The van der Waals surface area contributed by atoms with Crippen LogP contribution in [0.4, 0.5) is 0 Å². The number of benzene rings is 2. The average Bonchev–Trinajstić information content (AvgIpc) is 3.49. The minimum absolute atomic E-state index is 0.0879. The lowest BCUT2D eigenvalue weighted by atomic mass is 10.0. The van der Waals surface area contributed by atoms with Crippen molar-refractivity contribution in [3.05, 3.63) is 82.5 Å². The van der Waals surface area contributed by atoms with Crippen molar-refractivity contribution in [2.45, 2.75) is 45.6 Å². The molecule has 2 aromatic heterocycles. The monoisotopic (exact) mass is 474 g/mol. The van der Waals surface area contributed by atoms with Crippen LogP contribution in [0.2, 0.25) is 5.02 Å². The summed E-state index contributed by atoms with van der Waals surface area (Å²) in [5.41, 5.74) is 6.23. The van der Waals surface area contributed by atoms with Gasteiger partial charge < -0.3 is 9.32 Å². The molecule has 0 saturated heterocycles. The lowest BCUT2D eigenvalue weighted by molar-refractivity contribution is -0.132. The lowest BCUT2D eigenvalue weighted by Crippen LogP contribution is -2.36. The Morgan fingerprint density at radius 2 is 2.00 bits per heavy atom. The highest BCUT2D eigenvalue weighted by Crippen LogP contribution is 2.30. The van der Waals surface area contributed by atoms with Gasteiger partial charge in [-0.25, -0.2) is 4.98 Å². The molecule has 7 heteroatoms. The first-order valence-electron chi connectivity index (χ1n) is 11.6. The van der Waals surface area contributed by atoms with E-state index in [9.17, 15) is 4.79 Å². The average molecular weight is 475 g/mol. The van der Waals surface area contributed by atoms with Crippen LogP contribution in [0.5, 0.6) is 0 Å². The third-order valence-corrected chi connectivity index (χ3v) is 6.59. The number of aryl methyl sites for hydroxylation is 1. The van der Waals surface area contributed by atoms with Crippen LogP contribution in [0, 0.1) is 0 Å². The van der Waals surface area contributed by atoms with Gasteiger partial charge in [0.1, 0.15) is 0 Å². The normalized spacial score (nSPS) is 13.4. The van der Waals surface area contributed by atoms with E-state index in [1.807, 2.05) is 29.2 Å². The maximum atomic E-state index is 13.0. The van der Waals surface area contributed by atoms with Crippen LogP contribution in [-0.4, -0.2) is 32.5 Å². The fourth-order valence-corrected chi connectivity index (χ4v) is 4.54. The molecule has 174 valence electrons. The fraction of sp³-hybridized carbons (Fsp3) is 0.296. The summed E-state index contributed by atoms with van der Waals surface area (Å²) in [5.74, 6) is 1.88. The smallest absolute Gasteiger partial charge is 0.223 e. The van der Waals surface area contributed by atoms with Crippen LogP contribution >= 0.6 is 11.6 Å². The fourth-order valence-electron chi connectivity index (χ4n) is 4.35. The number of oxazole rings is 1. The van der Waals surface area contributed by atoms with Crippen molar-refractivity contribution in [1.82, 2.24) is 20.1 Å². The summed E-state index contributed by atoms with van der Waals surface area (Å²) < 4.78 is 5.93. The number of rotatable bonds is 6. The van der Waals surface area contributed by atoms with Crippen molar-refractivity contribution in [2.75, 3.05) is 6.54 Å². The van der Waals surface area contributed by atoms with Gasteiger partial charge >= 0.3 is 0 Å². The summed E-state index contributed by atoms with van der Waals surface area (Å²) in [6, 6.07) is 16.0. The summed E-state index contributed by atoms with van der Waals surface area (Å²) in [6.07, 6.45) is 3.31. The van der Waals surface area contributed by atoms with Crippen LogP contribution in [0.1, 0.15) is 48.9 Å². The molecule has 2 aromatic carbocycles. The van der Waals surface area contributed by atoms with Gasteiger partial charge in [0.2, 0.25) is 5.91 Å². The highest BCUT2D eigenvalue weighted by Gasteiger charge is 2.26. The summed E-state index contributed by atoms with van der Waals surface area (Å²) in [6.45, 7) is 5.55. The van der Waals surface area contributed by atoms with E-state index in [2.05, 4.69) is 53.3 Å². The minimum atomic E-state index is 0.0879. The van der Waals surface area contributed by atoms with E-state index in [0.29, 0.717) is 42.8 Å². The second-order valence-electron chi connectivity index (χ2n) is 9.00. The van der Waals surface area contributed by atoms with Gasteiger partial charge in [0.05, 0.1) is 11.9 Å². The Balaban J connectivity index is 1.22. The molecule has 1 aliphatic rings. The molecular formula is C27H27ClN4O2. The Bertz CT molecular complexity index is 1310. The Morgan fingerprint density at radius 3 is 2.76 bits per heavy atom. The second kappa shape index (κ2) is 9.47. The molecule has 34 heavy (non-hydrogen) atoms. The zero-order valence-electron chi connectivity index (χ0n) is 19.3. The maximum Gasteiger partial charge on any atom is 0.223 e. The number of nitrogens with zero attached hydrogens (tertiary/aromatic N) is 3. The lowest BCUT2D eigenvalue weighted by Gasteiger charge is -2.27. The Morgan fingerprint density at radius 1 is 1.18 bits per heavy atom. The van der Waals surface area contributed by atoms with Crippen molar-refractivity contribution in [2.24, 2.45) is 0 Å². The van der Waals surface area contributed by atoms with E-state index in [1.165, 1.54) is 5.56 Å². The molecule has 0 fully saturated rings. The summed E-state index contributed by atoms with van der Waals surface area (Å²) in [4.78, 5) is 19.3. The van der Waals surface area contributed by atoms with Gasteiger partial charge in [0.15, 0.2) is 11.7 Å². The minimum Gasteiger partial charge on any atom is -0.441 e. The third kappa shape index (κ3) is 4.64. The number of aromatic amines is 1. The predicted molar refractivity (Wildman–Crippen MR) is 133 cm³/mol. The Hall–Kier alpha value is -3.38. The molecule has 3 heterocycles. The van der Waals surface area contributed by atoms with Crippen molar-refractivity contribution in [3.8, 4) is 22.6 Å². The van der Waals surface area contributed by atoms with Crippen molar-refractivity contribution >= 4 is 17.5 Å². The Kier molecular flexibility index (Phi) is 6.24. The first-order chi connectivity index (χ1) is 16.5. The van der Waals surface area contributed by atoms with E-state index in [4.69, 9.17) is 16.0 Å². The van der Waals surface area contributed by atoms with Gasteiger partial charge in [-0.2, -0.15) is 5.10 Å². The molecule has 0 bridgehead atoms. The molecule has 6 nitrogen and oxygen atoms in total. The van der Waals surface area contributed by atoms with Crippen molar-refractivity contribution < 1.29 is 9.21 Å². The third-order valence-electron chi connectivity index (χ3n) is 6.35. The molecule has 1 N–H and O–H groups in total. The number of halogens is 1. The summed E-state index contributed by atoms with van der Waals surface area (Å²) in [7, 11) is 0. The van der Waals surface area contributed by atoms with Gasteiger partial charge in [-0.1, -0.05) is 61.8 Å². The number of carbonyl (C=O) groups is 1. The maximum absolute atomic E-state index is 13.0. The van der Waals surface area contributed by atoms with E-state index in [-0.39, 0.29) is 5.91 Å². The number of aromatic nitrogens is 3. The van der Waals surface area contributed by atoms with E-state index in [1.54, 1.807) is 6.20 Å². The molecule has 0 aliphatic carbocycles.